The molecule has 0 fully saturated rings. The van der Waals surface area contributed by atoms with Crippen molar-refractivity contribution in [3.63, 3.8) is 0 Å². The first-order valence-corrected chi connectivity index (χ1v) is 8.06. The Hall–Kier alpha value is -2.33. The molecule has 0 aliphatic rings. The standard InChI is InChI=1S/C20H24O4/c1-14(2)20(21)24-16(4)13-22-15(3)12-23-19-11-7-9-17-8-5-6-10-18(17)19/h5-11,15-16H,1,12-13H2,2-4H3. The van der Waals surface area contributed by atoms with Gasteiger partial charge in [-0.15, -0.1) is 0 Å². The normalized spacial score (nSPS) is 13.3. The van der Waals surface area contributed by atoms with Crippen LogP contribution in [-0.4, -0.2) is 31.4 Å². The lowest BCUT2D eigenvalue weighted by Crippen LogP contribution is -2.26. The predicted octanol–water partition coefficient (Wildman–Crippen LogP) is 4.13. The summed E-state index contributed by atoms with van der Waals surface area (Å²) in [5.41, 5.74) is 0.384. The molecular weight excluding hydrogens is 304 g/mol. The second kappa shape index (κ2) is 8.50. The van der Waals surface area contributed by atoms with Gasteiger partial charge in [0.1, 0.15) is 18.5 Å². The van der Waals surface area contributed by atoms with Gasteiger partial charge in [0.25, 0.3) is 0 Å². The van der Waals surface area contributed by atoms with E-state index in [9.17, 15) is 4.79 Å². The van der Waals surface area contributed by atoms with Crippen molar-refractivity contribution in [1.82, 2.24) is 0 Å². The number of ether oxygens (including phenoxy) is 3. The lowest BCUT2D eigenvalue weighted by atomic mass is 10.1. The van der Waals surface area contributed by atoms with Crippen LogP contribution in [0.2, 0.25) is 0 Å². The molecule has 0 N–H and O–H groups in total. The van der Waals surface area contributed by atoms with Crippen LogP contribution in [0.5, 0.6) is 5.75 Å². The summed E-state index contributed by atoms with van der Waals surface area (Å²) in [7, 11) is 0. The molecule has 0 heterocycles. The molecule has 2 atom stereocenters. The predicted molar refractivity (Wildman–Crippen MR) is 95.2 cm³/mol. The van der Waals surface area contributed by atoms with Gasteiger partial charge in [-0.3, -0.25) is 0 Å². The highest BCUT2D eigenvalue weighted by atomic mass is 16.6. The van der Waals surface area contributed by atoms with Gasteiger partial charge in [-0.05, 0) is 32.2 Å². The molecule has 4 nitrogen and oxygen atoms in total. The van der Waals surface area contributed by atoms with Crippen LogP contribution >= 0.6 is 0 Å². The van der Waals surface area contributed by atoms with E-state index in [1.165, 1.54) is 0 Å². The number of esters is 1. The molecule has 0 spiro atoms. The third-order valence-electron chi connectivity index (χ3n) is 3.50. The van der Waals surface area contributed by atoms with Crippen LogP contribution in [0.4, 0.5) is 0 Å². The molecule has 0 amide bonds. The number of carbonyl (C=O) groups excluding carboxylic acids is 1. The Morgan fingerprint density at radius 2 is 1.75 bits per heavy atom. The number of benzene rings is 2. The minimum atomic E-state index is -0.397. The summed E-state index contributed by atoms with van der Waals surface area (Å²) >= 11 is 0. The lowest BCUT2D eigenvalue weighted by Gasteiger charge is -2.18. The summed E-state index contributed by atoms with van der Waals surface area (Å²) < 4.78 is 16.8. The third kappa shape index (κ3) is 5.10. The van der Waals surface area contributed by atoms with Crippen molar-refractivity contribution >= 4 is 16.7 Å². The molecule has 0 aliphatic carbocycles. The highest BCUT2D eigenvalue weighted by Crippen LogP contribution is 2.25. The fourth-order valence-corrected chi connectivity index (χ4v) is 2.19. The van der Waals surface area contributed by atoms with Crippen molar-refractivity contribution in [2.45, 2.75) is 33.0 Å². The molecular formula is C20H24O4. The smallest absolute Gasteiger partial charge is 0.333 e. The van der Waals surface area contributed by atoms with Crippen LogP contribution in [-0.2, 0) is 14.3 Å². The average molecular weight is 328 g/mol. The maximum absolute atomic E-state index is 11.4. The van der Waals surface area contributed by atoms with E-state index in [1.807, 2.05) is 37.3 Å². The van der Waals surface area contributed by atoms with E-state index in [2.05, 4.69) is 18.7 Å². The van der Waals surface area contributed by atoms with Gasteiger partial charge >= 0.3 is 5.97 Å². The molecule has 0 aliphatic heterocycles. The quantitative estimate of drug-likeness (QED) is 0.540. The first-order chi connectivity index (χ1) is 11.5. The number of hydrogen-bond donors (Lipinski definition) is 0. The molecule has 4 heteroatoms. The summed E-state index contributed by atoms with van der Waals surface area (Å²) in [5, 5.41) is 2.22. The van der Waals surface area contributed by atoms with Crippen LogP contribution in [0.1, 0.15) is 20.8 Å². The van der Waals surface area contributed by atoms with E-state index in [1.54, 1.807) is 13.8 Å². The van der Waals surface area contributed by atoms with E-state index < -0.39 is 5.97 Å². The molecule has 24 heavy (non-hydrogen) atoms. The van der Waals surface area contributed by atoms with Crippen LogP contribution in [0.3, 0.4) is 0 Å². The zero-order chi connectivity index (χ0) is 17.5. The summed E-state index contributed by atoms with van der Waals surface area (Å²) in [6.07, 6.45) is -0.441. The Labute approximate surface area is 143 Å². The van der Waals surface area contributed by atoms with Crippen LogP contribution in [0.25, 0.3) is 10.8 Å². The van der Waals surface area contributed by atoms with E-state index in [4.69, 9.17) is 14.2 Å². The zero-order valence-electron chi connectivity index (χ0n) is 14.5. The second-order valence-corrected chi connectivity index (χ2v) is 5.93. The molecule has 0 bridgehead atoms. The maximum atomic E-state index is 11.4. The Morgan fingerprint density at radius 3 is 2.50 bits per heavy atom. The second-order valence-electron chi connectivity index (χ2n) is 5.93. The topological polar surface area (TPSA) is 44.8 Å². The van der Waals surface area contributed by atoms with Crippen molar-refractivity contribution in [2.75, 3.05) is 13.2 Å². The molecule has 2 aromatic carbocycles. The first-order valence-electron chi connectivity index (χ1n) is 8.06. The van der Waals surface area contributed by atoms with Gasteiger partial charge < -0.3 is 14.2 Å². The van der Waals surface area contributed by atoms with E-state index >= 15 is 0 Å². The number of rotatable bonds is 8. The summed E-state index contributed by atoms with van der Waals surface area (Å²) in [5.74, 6) is 0.441. The molecule has 2 rings (SSSR count). The van der Waals surface area contributed by atoms with Crippen LogP contribution < -0.4 is 4.74 Å². The molecule has 0 radical (unpaired) electrons. The van der Waals surface area contributed by atoms with Crippen molar-refractivity contribution in [3.05, 3.63) is 54.6 Å². The van der Waals surface area contributed by atoms with Gasteiger partial charge in [0.15, 0.2) is 0 Å². The van der Waals surface area contributed by atoms with Gasteiger partial charge in [0.05, 0.1) is 12.7 Å². The van der Waals surface area contributed by atoms with Gasteiger partial charge in [0, 0.05) is 11.0 Å². The third-order valence-corrected chi connectivity index (χ3v) is 3.50. The fraction of sp³-hybridized carbons (Fsp3) is 0.350. The van der Waals surface area contributed by atoms with Crippen molar-refractivity contribution in [2.24, 2.45) is 0 Å². The Morgan fingerprint density at radius 1 is 1.04 bits per heavy atom. The van der Waals surface area contributed by atoms with Crippen molar-refractivity contribution in [3.8, 4) is 5.75 Å². The maximum Gasteiger partial charge on any atom is 0.333 e. The summed E-state index contributed by atoms with van der Waals surface area (Å²) in [4.78, 5) is 11.4. The average Bonchev–Trinajstić information content (AvgIpc) is 2.57. The van der Waals surface area contributed by atoms with Gasteiger partial charge in [-0.1, -0.05) is 43.0 Å². The Kier molecular flexibility index (Phi) is 6.38. The number of hydrogen-bond acceptors (Lipinski definition) is 4. The number of carbonyl (C=O) groups is 1. The van der Waals surface area contributed by atoms with Gasteiger partial charge in [-0.2, -0.15) is 0 Å². The van der Waals surface area contributed by atoms with Gasteiger partial charge in [-0.25, -0.2) is 4.79 Å². The van der Waals surface area contributed by atoms with E-state index in [-0.39, 0.29) is 12.2 Å². The van der Waals surface area contributed by atoms with E-state index in [0.29, 0.717) is 18.8 Å². The van der Waals surface area contributed by atoms with E-state index in [0.717, 1.165) is 16.5 Å². The highest BCUT2D eigenvalue weighted by Gasteiger charge is 2.13. The Bertz CT molecular complexity index is 702. The monoisotopic (exact) mass is 328 g/mol. The summed E-state index contributed by atoms with van der Waals surface area (Å²) in [6, 6.07) is 14.1. The molecule has 2 aromatic rings. The van der Waals surface area contributed by atoms with Crippen LogP contribution in [0.15, 0.2) is 54.6 Å². The van der Waals surface area contributed by atoms with Crippen molar-refractivity contribution < 1.29 is 19.0 Å². The van der Waals surface area contributed by atoms with Crippen LogP contribution in [0, 0.1) is 0 Å². The molecule has 0 saturated carbocycles. The summed E-state index contributed by atoms with van der Waals surface area (Å²) in [6.45, 7) is 9.64. The molecule has 128 valence electrons. The number of fused-ring (bicyclic) bond motifs is 1. The minimum absolute atomic E-state index is 0.116. The minimum Gasteiger partial charge on any atom is -0.490 e. The first kappa shape index (κ1) is 18.0. The SMILES string of the molecule is C=C(C)C(=O)OC(C)COC(C)COc1cccc2ccccc12. The lowest BCUT2D eigenvalue weighted by molar-refractivity contribution is -0.147. The van der Waals surface area contributed by atoms with Gasteiger partial charge in [0.2, 0.25) is 0 Å². The van der Waals surface area contributed by atoms with Crippen molar-refractivity contribution in [1.29, 1.82) is 0 Å². The molecule has 0 aromatic heterocycles. The molecule has 0 saturated heterocycles. The fourth-order valence-electron chi connectivity index (χ4n) is 2.19. The largest absolute Gasteiger partial charge is 0.490 e. The molecule has 2 unspecified atom stereocenters. The zero-order valence-corrected chi connectivity index (χ0v) is 14.5. The Balaban J connectivity index is 1.81. The highest BCUT2D eigenvalue weighted by molar-refractivity contribution is 5.88.